The average Bonchev–Trinajstić information content (AvgIpc) is 2.16. The van der Waals surface area contributed by atoms with Crippen molar-refractivity contribution in [2.75, 3.05) is 17.8 Å². The smallest absolute Gasteiger partial charge is 0.148 e. The van der Waals surface area contributed by atoms with Gasteiger partial charge in [0.15, 0.2) is 0 Å². The first-order chi connectivity index (χ1) is 7.40. The van der Waals surface area contributed by atoms with Gasteiger partial charge in [-0.1, -0.05) is 18.2 Å². The number of nitrogens with two attached hydrogens (primary N) is 1. The van der Waals surface area contributed by atoms with E-state index in [9.17, 15) is 8.42 Å². The molecule has 0 radical (unpaired) electrons. The number of thioether (sulfide) groups is 1. The molecule has 1 rings (SSSR count). The van der Waals surface area contributed by atoms with Crippen molar-refractivity contribution in [3.05, 3.63) is 29.8 Å². The molecule has 88 valence electrons. The van der Waals surface area contributed by atoms with Gasteiger partial charge in [-0.15, -0.1) is 11.8 Å². The molecule has 0 amide bonds. The highest BCUT2D eigenvalue weighted by Crippen LogP contribution is 2.22. The van der Waals surface area contributed by atoms with Gasteiger partial charge in [0.2, 0.25) is 0 Å². The Labute approximate surface area is 99.7 Å². The molecule has 0 unspecified atom stereocenters. The van der Waals surface area contributed by atoms with Gasteiger partial charge in [0, 0.05) is 22.5 Å². The Morgan fingerprint density at radius 2 is 2.06 bits per heavy atom. The van der Waals surface area contributed by atoms with Gasteiger partial charge >= 0.3 is 0 Å². The SMILES string of the molecule is CS(=O)(=O)CCSc1ccccc1C(=N)N. The van der Waals surface area contributed by atoms with Gasteiger partial charge in [-0.05, 0) is 6.07 Å². The highest BCUT2D eigenvalue weighted by atomic mass is 32.2. The minimum Gasteiger partial charge on any atom is -0.384 e. The maximum Gasteiger partial charge on any atom is 0.148 e. The van der Waals surface area contributed by atoms with Crippen LogP contribution in [0.2, 0.25) is 0 Å². The quantitative estimate of drug-likeness (QED) is 0.471. The van der Waals surface area contributed by atoms with Crippen LogP contribution in [0.3, 0.4) is 0 Å². The third kappa shape index (κ3) is 4.24. The van der Waals surface area contributed by atoms with E-state index in [0.29, 0.717) is 11.3 Å². The van der Waals surface area contributed by atoms with E-state index in [1.807, 2.05) is 12.1 Å². The summed E-state index contributed by atoms with van der Waals surface area (Å²) >= 11 is 1.40. The molecule has 4 nitrogen and oxygen atoms in total. The number of nitrogen functional groups attached to an aromatic ring is 1. The van der Waals surface area contributed by atoms with E-state index in [0.717, 1.165) is 4.90 Å². The lowest BCUT2D eigenvalue weighted by atomic mass is 10.2. The molecule has 1 aromatic carbocycles. The standard InChI is InChI=1S/C10H14N2O2S2/c1-16(13,14)7-6-15-9-5-3-2-4-8(9)10(11)12/h2-5H,6-7H2,1H3,(H3,11,12). The van der Waals surface area contributed by atoms with Crippen molar-refractivity contribution in [1.82, 2.24) is 0 Å². The lowest BCUT2D eigenvalue weighted by Crippen LogP contribution is -2.12. The minimum atomic E-state index is -2.93. The Hall–Kier alpha value is -1.01. The molecule has 0 aliphatic rings. The Kier molecular flexibility index (Phi) is 4.37. The maximum atomic E-state index is 11.0. The van der Waals surface area contributed by atoms with Crippen LogP contribution >= 0.6 is 11.8 Å². The second kappa shape index (κ2) is 5.36. The van der Waals surface area contributed by atoms with Crippen LogP contribution in [0.1, 0.15) is 5.56 Å². The molecular weight excluding hydrogens is 244 g/mol. The zero-order valence-electron chi connectivity index (χ0n) is 8.93. The largest absolute Gasteiger partial charge is 0.384 e. The fourth-order valence-electron chi connectivity index (χ4n) is 1.12. The zero-order valence-corrected chi connectivity index (χ0v) is 10.6. The van der Waals surface area contributed by atoms with Gasteiger partial charge in [-0.25, -0.2) is 8.42 Å². The normalized spacial score (nSPS) is 11.3. The molecule has 0 bridgehead atoms. The number of amidine groups is 1. The number of hydrogen-bond donors (Lipinski definition) is 2. The van der Waals surface area contributed by atoms with Crippen LogP contribution in [-0.4, -0.2) is 32.0 Å². The van der Waals surface area contributed by atoms with Gasteiger partial charge in [0.05, 0.1) is 5.75 Å². The summed E-state index contributed by atoms with van der Waals surface area (Å²) in [5, 5.41) is 7.38. The molecule has 6 heteroatoms. The van der Waals surface area contributed by atoms with Gasteiger partial charge in [-0.3, -0.25) is 5.41 Å². The van der Waals surface area contributed by atoms with E-state index < -0.39 is 9.84 Å². The van der Waals surface area contributed by atoms with Crippen LogP contribution in [0.4, 0.5) is 0 Å². The van der Waals surface area contributed by atoms with E-state index in [1.165, 1.54) is 18.0 Å². The van der Waals surface area contributed by atoms with E-state index in [1.54, 1.807) is 12.1 Å². The van der Waals surface area contributed by atoms with Crippen LogP contribution in [0.5, 0.6) is 0 Å². The van der Waals surface area contributed by atoms with Crippen molar-refractivity contribution in [3.8, 4) is 0 Å². The summed E-state index contributed by atoms with van der Waals surface area (Å²) in [6.07, 6.45) is 1.21. The predicted octanol–water partition coefficient (Wildman–Crippen LogP) is 1.11. The molecule has 0 spiro atoms. The van der Waals surface area contributed by atoms with Crippen molar-refractivity contribution in [1.29, 1.82) is 5.41 Å². The average molecular weight is 258 g/mol. The van der Waals surface area contributed by atoms with Crippen LogP contribution < -0.4 is 5.73 Å². The fraction of sp³-hybridized carbons (Fsp3) is 0.300. The van der Waals surface area contributed by atoms with Crippen molar-refractivity contribution in [2.24, 2.45) is 5.73 Å². The molecule has 16 heavy (non-hydrogen) atoms. The lowest BCUT2D eigenvalue weighted by Gasteiger charge is -2.06. The maximum absolute atomic E-state index is 11.0. The predicted molar refractivity (Wildman–Crippen MR) is 67.9 cm³/mol. The van der Waals surface area contributed by atoms with Gasteiger partial charge in [0.1, 0.15) is 15.7 Å². The number of nitrogens with one attached hydrogen (secondary N) is 1. The zero-order chi connectivity index (χ0) is 12.2. The van der Waals surface area contributed by atoms with E-state index in [2.05, 4.69) is 0 Å². The van der Waals surface area contributed by atoms with E-state index >= 15 is 0 Å². The number of rotatable bonds is 5. The van der Waals surface area contributed by atoms with Crippen molar-refractivity contribution in [3.63, 3.8) is 0 Å². The van der Waals surface area contributed by atoms with Gasteiger partial charge < -0.3 is 5.73 Å². The monoisotopic (exact) mass is 258 g/mol. The first-order valence-electron chi connectivity index (χ1n) is 4.64. The van der Waals surface area contributed by atoms with Gasteiger partial charge in [0.25, 0.3) is 0 Å². The van der Waals surface area contributed by atoms with E-state index in [4.69, 9.17) is 11.1 Å². The van der Waals surface area contributed by atoms with Crippen LogP contribution in [0.25, 0.3) is 0 Å². The van der Waals surface area contributed by atoms with Crippen LogP contribution in [0, 0.1) is 5.41 Å². The van der Waals surface area contributed by atoms with E-state index in [-0.39, 0.29) is 11.6 Å². The highest BCUT2D eigenvalue weighted by molar-refractivity contribution is 8.00. The molecule has 0 heterocycles. The third-order valence-corrected chi connectivity index (χ3v) is 4.17. The summed E-state index contributed by atoms with van der Waals surface area (Å²) < 4.78 is 21.9. The summed E-state index contributed by atoms with van der Waals surface area (Å²) in [6, 6.07) is 7.24. The first-order valence-corrected chi connectivity index (χ1v) is 7.69. The highest BCUT2D eigenvalue weighted by Gasteiger charge is 2.07. The van der Waals surface area contributed by atoms with Crippen molar-refractivity contribution in [2.45, 2.75) is 4.90 Å². The number of benzene rings is 1. The summed E-state index contributed by atoms with van der Waals surface area (Å²) in [7, 11) is -2.93. The summed E-state index contributed by atoms with van der Waals surface area (Å²) in [5.41, 5.74) is 6.08. The Morgan fingerprint density at radius 3 is 2.62 bits per heavy atom. The van der Waals surface area contributed by atoms with Crippen molar-refractivity contribution >= 4 is 27.4 Å². The van der Waals surface area contributed by atoms with Crippen LogP contribution in [-0.2, 0) is 9.84 Å². The second-order valence-electron chi connectivity index (χ2n) is 3.39. The molecule has 0 fully saturated rings. The Bertz CT molecular complexity index is 483. The Balaban J connectivity index is 2.71. The molecule has 0 saturated heterocycles. The first kappa shape index (κ1) is 13.1. The molecule has 0 saturated carbocycles. The molecular formula is C10H14N2O2S2. The number of hydrogen-bond acceptors (Lipinski definition) is 4. The molecule has 0 atom stereocenters. The molecule has 3 N–H and O–H groups in total. The fourth-order valence-corrected chi connectivity index (χ4v) is 3.39. The second-order valence-corrected chi connectivity index (χ2v) is 6.78. The van der Waals surface area contributed by atoms with Crippen molar-refractivity contribution < 1.29 is 8.42 Å². The summed E-state index contributed by atoms with van der Waals surface area (Å²) in [5.74, 6) is 0.606. The van der Waals surface area contributed by atoms with Crippen LogP contribution in [0.15, 0.2) is 29.2 Å². The Morgan fingerprint density at radius 1 is 1.44 bits per heavy atom. The molecule has 0 aliphatic carbocycles. The summed E-state index contributed by atoms with van der Waals surface area (Å²) in [6.45, 7) is 0. The molecule has 0 aliphatic heterocycles. The number of sulfone groups is 1. The molecule has 1 aromatic rings. The summed E-state index contributed by atoms with van der Waals surface area (Å²) in [4.78, 5) is 0.846. The van der Waals surface area contributed by atoms with Gasteiger partial charge in [-0.2, -0.15) is 0 Å². The third-order valence-electron chi connectivity index (χ3n) is 1.89. The molecule has 0 aromatic heterocycles. The topological polar surface area (TPSA) is 84.0 Å². The minimum absolute atomic E-state index is 0.00227. The lowest BCUT2D eigenvalue weighted by molar-refractivity contribution is 0.603.